The van der Waals surface area contributed by atoms with E-state index < -0.39 is 0 Å². The second kappa shape index (κ2) is 5.55. The molecule has 2 rings (SSSR count). The van der Waals surface area contributed by atoms with Gasteiger partial charge in [0.2, 0.25) is 0 Å². The minimum Gasteiger partial charge on any atom is -0.491 e. The monoisotopic (exact) mass is 241 g/mol. The van der Waals surface area contributed by atoms with Crippen LogP contribution in [-0.4, -0.2) is 6.10 Å². The average Bonchev–Trinajstić information content (AvgIpc) is 2.17. The molecule has 0 fully saturated rings. The van der Waals surface area contributed by atoms with Gasteiger partial charge in [-0.15, -0.1) is 12.4 Å². The molecule has 90 valence electrons. The van der Waals surface area contributed by atoms with Gasteiger partial charge in [0, 0.05) is 6.04 Å². The summed E-state index contributed by atoms with van der Waals surface area (Å²) in [6, 6.07) is 6.52. The molecule has 1 atom stereocenters. The van der Waals surface area contributed by atoms with Crippen LogP contribution in [-0.2, 0) is 6.42 Å². The largest absolute Gasteiger partial charge is 0.491 e. The van der Waals surface area contributed by atoms with Crippen LogP contribution in [0.3, 0.4) is 0 Å². The topological polar surface area (TPSA) is 35.2 Å². The lowest BCUT2D eigenvalue weighted by atomic mass is 9.88. The number of ether oxygens (including phenoxy) is 1. The van der Waals surface area contributed by atoms with E-state index in [1.807, 2.05) is 19.9 Å². The van der Waals surface area contributed by atoms with E-state index in [1.54, 1.807) is 0 Å². The molecule has 1 aromatic carbocycles. The number of benzene rings is 1. The molecule has 0 bridgehead atoms. The molecular weight excluding hydrogens is 222 g/mol. The molecule has 3 heteroatoms. The van der Waals surface area contributed by atoms with Crippen LogP contribution in [0.1, 0.15) is 43.9 Å². The molecule has 0 heterocycles. The summed E-state index contributed by atoms with van der Waals surface area (Å²) in [6.45, 7) is 4.09. The molecule has 1 aromatic rings. The third-order valence-corrected chi connectivity index (χ3v) is 2.85. The molecule has 1 aliphatic carbocycles. The third-order valence-electron chi connectivity index (χ3n) is 2.85. The van der Waals surface area contributed by atoms with Gasteiger partial charge in [0.15, 0.2) is 0 Å². The minimum atomic E-state index is 0. The summed E-state index contributed by atoms with van der Waals surface area (Å²) in [5.41, 5.74) is 8.73. The first-order valence-corrected chi connectivity index (χ1v) is 5.72. The molecule has 1 unspecified atom stereocenters. The lowest BCUT2D eigenvalue weighted by molar-refractivity contribution is 0.242. The summed E-state index contributed by atoms with van der Waals surface area (Å²) < 4.78 is 5.67. The van der Waals surface area contributed by atoms with Crippen LogP contribution in [0.5, 0.6) is 5.75 Å². The molecule has 0 aromatic heterocycles. The predicted molar refractivity (Wildman–Crippen MR) is 69.3 cm³/mol. The molecule has 0 aliphatic heterocycles. The Labute approximate surface area is 104 Å². The number of hydrogen-bond acceptors (Lipinski definition) is 2. The standard InChI is InChI=1S/C13H19NO.ClH/c1-9(2)15-11-6-7-12-10(8-11)4-3-5-13(12)14;/h6-9,13H,3-5,14H2,1-2H3;1H. The maximum absolute atomic E-state index is 6.06. The molecule has 0 saturated heterocycles. The number of rotatable bonds is 2. The second-order valence-corrected chi connectivity index (χ2v) is 4.53. The van der Waals surface area contributed by atoms with Gasteiger partial charge < -0.3 is 10.5 Å². The minimum absolute atomic E-state index is 0. The van der Waals surface area contributed by atoms with Gasteiger partial charge in [-0.2, -0.15) is 0 Å². The Balaban J connectivity index is 0.00000128. The SMILES string of the molecule is CC(C)Oc1ccc2c(c1)CCCC2N.Cl. The van der Waals surface area contributed by atoms with E-state index in [4.69, 9.17) is 10.5 Å². The van der Waals surface area contributed by atoms with E-state index in [0.29, 0.717) is 0 Å². The van der Waals surface area contributed by atoms with Crippen molar-refractivity contribution in [2.75, 3.05) is 0 Å². The third kappa shape index (κ3) is 2.89. The fourth-order valence-corrected chi connectivity index (χ4v) is 2.17. The molecule has 0 radical (unpaired) electrons. The van der Waals surface area contributed by atoms with Gasteiger partial charge >= 0.3 is 0 Å². The summed E-state index contributed by atoms with van der Waals surface area (Å²) in [6.07, 6.45) is 3.68. The van der Waals surface area contributed by atoms with Crippen molar-refractivity contribution in [3.8, 4) is 5.75 Å². The van der Waals surface area contributed by atoms with Gasteiger partial charge in [0.05, 0.1) is 6.10 Å². The number of hydrogen-bond donors (Lipinski definition) is 1. The number of nitrogens with two attached hydrogens (primary N) is 1. The van der Waals surface area contributed by atoms with Gasteiger partial charge in [-0.1, -0.05) is 6.07 Å². The van der Waals surface area contributed by atoms with Crippen LogP contribution in [0.4, 0.5) is 0 Å². The van der Waals surface area contributed by atoms with Crippen molar-refractivity contribution in [1.29, 1.82) is 0 Å². The zero-order chi connectivity index (χ0) is 10.8. The Hall–Kier alpha value is -0.730. The fourth-order valence-electron chi connectivity index (χ4n) is 2.17. The molecule has 16 heavy (non-hydrogen) atoms. The van der Waals surface area contributed by atoms with Crippen LogP contribution < -0.4 is 10.5 Å². The van der Waals surface area contributed by atoms with Gasteiger partial charge in [-0.3, -0.25) is 0 Å². The molecular formula is C13H20ClNO. The highest BCUT2D eigenvalue weighted by atomic mass is 35.5. The van der Waals surface area contributed by atoms with Gasteiger partial charge in [0.25, 0.3) is 0 Å². The summed E-state index contributed by atoms with van der Waals surface area (Å²) >= 11 is 0. The van der Waals surface area contributed by atoms with Crippen molar-refractivity contribution in [1.82, 2.24) is 0 Å². The Bertz CT molecular complexity index is 352. The quantitative estimate of drug-likeness (QED) is 0.863. The van der Waals surface area contributed by atoms with E-state index in [-0.39, 0.29) is 24.6 Å². The smallest absolute Gasteiger partial charge is 0.119 e. The van der Waals surface area contributed by atoms with E-state index in [9.17, 15) is 0 Å². The van der Waals surface area contributed by atoms with E-state index in [2.05, 4.69) is 12.1 Å². The van der Waals surface area contributed by atoms with E-state index in [0.717, 1.165) is 18.6 Å². The Morgan fingerprint density at radius 1 is 1.38 bits per heavy atom. The highest BCUT2D eigenvalue weighted by molar-refractivity contribution is 5.85. The summed E-state index contributed by atoms with van der Waals surface area (Å²) in [4.78, 5) is 0. The zero-order valence-corrected chi connectivity index (χ0v) is 10.7. The highest BCUT2D eigenvalue weighted by Gasteiger charge is 2.17. The van der Waals surface area contributed by atoms with Crippen LogP contribution in [0, 0.1) is 0 Å². The lowest BCUT2D eigenvalue weighted by Crippen LogP contribution is -2.17. The summed E-state index contributed by atoms with van der Waals surface area (Å²) in [5.74, 6) is 0.970. The van der Waals surface area contributed by atoms with Crippen LogP contribution in [0.25, 0.3) is 0 Å². The maximum Gasteiger partial charge on any atom is 0.119 e. The molecule has 2 nitrogen and oxygen atoms in total. The normalized spacial score (nSPS) is 18.9. The molecule has 0 amide bonds. The fraction of sp³-hybridized carbons (Fsp3) is 0.538. The average molecular weight is 242 g/mol. The number of fused-ring (bicyclic) bond motifs is 1. The zero-order valence-electron chi connectivity index (χ0n) is 9.90. The highest BCUT2D eigenvalue weighted by Crippen LogP contribution is 2.30. The Morgan fingerprint density at radius 2 is 2.12 bits per heavy atom. The van der Waals surface area contributed by atoms with Crippen molar-refractivity contribution in [2.45, 2.75) is 45.3 Å². The van der Waals surface area contributed by atoms with Gasteiger partial charge in [-0.25, -0.2) is 0 Å². The summed E-state index contributed by atoms with van der Waals surface area (Å²) in [7, 11) is 0. The predicted octanol–water partition coefficient (Wildman–Crippen LogP) is 3.23. The maximum atomic E-state index is 6.06. The molecule has 1 aliphatic rings. The Morgan fingerprint density at radius 3 is 2.81 bits per heavy atom. The van der Waals surface area contributed by atoms with Gasteiger partial charge in [-0.05, 0) is 56.4 Å². The molecule has 0 saturated carbocycles. The second-order valence-electron chi connectivity index (χ2n) is 4.53. The molecule has 0 spiro atoms. The van der Waals surface area contributed by atoms with Gasteiger partial charge in [0.1, 0.15) is 5.75 Å². The van der Waals surface area contributed by atoms with E-state index >= 15 is 0 Å². The van der Waals surface area contributed by atoms with Crippen molar-refractivity contribution in [3.05, 3.63) is 29.3 Å². The number of halogens is 1. The van der Waals surface area contributed by atoms with Crippen LogP contribution in [0.15, 0.2) is 18.2 Å². The lowest BCUT2D eigenvalue weighted by Gasteiger charge is -2.23. The van der Waals surface area contributed by atoms with Crippen molar-refractivity contribution < 1.29 is 4.74 Å². The first-order valence-electron chi connectivity index (χ1n) is 5.72. The first-order chi connectivity index (χ1) is 7.16. The van der Waals surface area contributed by atoms with E-state index in [1.165, 1.54) is 17.5 Å². The van der Waals surface area contributed by atoms with Crippen LogP contribution >= 0.6 is 12.4 Å². The first kappa shape index (κ1) is 13.3. The van der Waals surface area contributed by atoms with Crippen molar-refractivity contribution in [3.63, 3.8) is 0 Å². The van der Waals surface area contributed by atoms with Crippen molar-refractivity contribution in [2.24, 2.45) is 5.73 Å². The van der Waals surface area contributed by atoms with Crippen LogP contribution in [0.2, 0.25) is 0 Å². The Kier molecular flexibility index (Phi) is 4.63. The number of aryl methyl sites for hydroxylation is 1. The summed E-state index contributed by atoms with van der Waals surface area (Å²) in [5, 5.41) is 0. The molecule has 2 N–H and O–H groups in total. The van der Waals surface area contributed by atoms with Crippen molar-refractivity contribution >= 4 is 12.4 Å².